The number of fused-ring (bicyclic) bond motifs is 8. The third-order valence-electron chi connectivity index (χ3n) is 4.94. The number of imide groups is 1. The maximum atomic E-state index is 13.1. The fourth-order valence-electron chi connectivity index (χ4n) is 3.82. The van der Waals surface area contributed by atoms with Gasteiger partial charge in [0.05, 0.1) is 29.1 Å². The number of nitrogens with zero attached hydrogens (tertiary/aromatic N) is 5. The molecule has 9 heteroatoms. The van der Waals surface area contributed by atoms with Crippen LogP contribution in [0.4, 0.5) is 4.79 Å². The maximum absolute atomic E-state index is 13.1. The molecule has 5 heterocycles. The lowest BCUT2D eigenvalue weighted by Crippen LogP contribution is -2.27. The van der Waals surface area contributed by atoms with Crippen molar-refractivity contribution in [1.82, 2.24) is 23.8 Å². The molecule has 0 atom stereocenters. The molecule has 0 radical (unpaired) electrons. The van der Waals surface area contributed by atoms with Crippen molar-refractivity contribution in [2.24, 2.45) is 0 Å². The number of hydrogen-bond acceptors (Lipinski definition) is 6. The average molecular weight is 391 g/mol. The highest BCUT2D eigenvalue weighted by Gasteiger charge is 2.40. The fraction of sp³-hybridized carbons (Fsp3) is 0.250. The third-order valence-corrected chi connectivity index (χ3v) is 4.94. The molecule has 0 unspecified atom stereocenters. The molecule has 0 aromatic carbocycles. The van der Waals surface area contributed by atoms with Gasteiger partial charge in [0.2, 0.25) is 0 Å². The van der Waals surface area contributed by atoms with Crippen LogP contribution in [0.15, 0.2) is 30.9 Å². The van der Waals surface area contributed by atoms with Gasteiger partial charge in [-0.25, -0.2) is 19.3 Å². The van der Waals surface area contributed by atoms with Crippen molar-refractivity contribution in [3.8, 4) is 0 Å². The van der Waals surface area contributed by atoms with E-state index >= 15 is 0 Å². The molecule has 2 amide bonds. The van der Waals surface area contributed by atoms with Gasteiger partial charge in [-0.05, 0) is 32.9 Å². The first kappa shape index (κ1) is 17.4. The molecule has 0 spiro atoms. The van der Waals surface area contributed by atoms with Gasteiger partial charge in [-0.15, -0.1) is 0 Å². The molecule has 0 bridgehead atoms. The highest BCUT2D eigenvalue weighted by molar-refractivity contribution is 6.31. The summed E-state index contributed by atoms with van der Waals surface area (Å²) in [6.45, 7) is 5.32. The topological polar surface area (TPSA) is 98.8 Å². The summed E-state index contributed by atoms with van der Waals surface area (Å²) in [5.41, 5.74) is 1.03. The number of imidazole rings is 1. The first-order valence-corrected chi connectivity index (χ1v) is 9.03. The predicted molar refractivity (Wildman–Crippen MR) is 104 cm³/mol. The standard InChI is InChI=1S/C20H17N5O4/c1-20(2,3)29-19(28)25-14-11-8-21-9-24(11)15-13(17(26)23(4)18(15)27)12(14)10-6-5-7-22-16(10)25/h5-9H,1-4H3. The molecule has 9 nitrogen and oxygen atoms in total. The van der Waals surface area contributed by atoms with E-state index in [4.69, 9.17) is 4.74 Å². The third kappa shape index (κ3) is 2.18. The number of ether oxygens (including phenoxy) is 1. The molecular weight excluding hydrogens is 374 g/mol. The van der Waals surface area contributed by atoms with Crippen LogP contribution in [0.1, 0.15) is 41.6 Å². The lowest BCUT2D eigenvalue weighted by atomic mass is 10.1. The lowest BCUT2D eigenvalue weighted by molar-refractivity contribution is 0.0549. The van der Waals surface area contributed by atoms with E-state index in [-0.39, 0.29) is 11.3 Å². The van der Waals surface area contributed by atoms with Crippen molar-refractivity contribution >= 4 is 45.4 Å². The SMILES string of the molecule is CN1C(=O)c2c(n3cncc3c3c2c2cccnc2n3C(=O)OC(C)(C)C)C1=O. The molecular formula is C20H17N5O4. The summed E-state index contributed by atoms with van der Waals surface area (Å²) < 4.78 is 8.50. The molecule has 29 heavy (non-hydrogen) atoms. The van der Waals surface area contributed by atoms with Crippen LogP contribution in [-0.2, 0) is 4.74 Å². The minimum absolute atomic E-state index is 0.226. The maximum Gasteiger partial charge on any atom is 0.420 e. The Kier molecular flexibility index (Phi) is 3.23. The largest absolute Gasteiger partial charge is 0.443 e. The summed E-state index contributed by atoms with van der Waals surface area (Å²) in [6.07, 6.45) is 3.96. The zero-order chi connectivity index (χ0) is 20.7. The second-order valence-electron chi connectivity index (χ2n) is 7.96. The van der Waals surface area contributed by atoms with Crippen molar-refractivity contribution < 1.29 is 19.1 Å². The smallest absolute Gasteiger partial charge is 0.420 e. The Morgan fingerprint density at radius 3 is 2.66 bits per heavy atom. The zero-order valence-corrected chi connectivity index (χ0v) is 16.3. The van der Waals surface area contributed by atoms with Crippen LogP contribution < -0.4 is 0 Å². The summed E-state index contributed by atoms with van der Waals surface area (Å²) >= 11 is 0. The van der Waals surface area contributed by atoms with Gasteiger partial charge in [0.1, 0.15) is 11.3 Å². The predicted octanol–water partition coefficient (Wildman–Crippen LogP) is 2.85. The number of amides is 2. The highest BCUT2D eigenvalue weighted by atomic mass is 16.6. The summed E-state index contributed by atoms with van der Waals surface area (Å²) in [4.78, 5) is 48.5. The molecule has 0 saturated heterocycles. The van der Waals surface area contributed by atoms with Crippen LogP contribution >= 0.6 is 0 Å². The van der Waals surface area contributed by atoms with Crippen molar-refractivity contribution in [1.29, 1.82) is 0 Å². The number of hydrogen-bond donors (Lipinski definition) is 0. The van der Waals surface area contributed by atoms with Crippen LogP contribution in [0, 0.1) is 0 Å². The first-order chi connectivity index (χ1) is 13.7. The van der Waals surface area contributed by atoms with Gasteiger partial charge in [0.25, 0.3) is 11.8 Å². The number of aromatic nitrogens is 4. The number of carbonyl (C=O) groups is 3. The van der Waals surface area contributed by atoms with Gasteiger partial charge in [0, 0.05) is 24.0 Å². The van der Waals surface area contributed by atoms with Gasteiger partial charge in [-0.3, -0.25) is 18.9 Å². The van der Waals surface area contributed by atoms with E-state index in [1.54, 1.807) is 49.7 Å². The van der Waals surface area contributed by atoms with Crippen molar-refractivity contribution in [3.05, 3.63) is 42.1 Å². The van der Waals surface area contributed by atoms with Crippen LogP contribution in [-0.4, -0.2) is 54.4 Å². The molecule has 0 N–H and O–H groups in total. The summed E-state index contributed by atoms with van der Waals surface area (Å²) in [5.74, 6) is -0.852. The Morgan fingerprint density at radius 2 is 1.93 bits per heavy atom. The second-order valence-corrected chi connectivity index (χ2v) is 7.96. The van der Waals surface area contributed by atoms with E-state index in [0.29, 0.717) is 27.5 Å². The normalized spacial score (nSPS) is 14.4. The van der Waals surface area contributed by atoms with Crippen LogP contribution in [0.5, 0.6) is 0 Å². The van der Waals surface area contributed by atoms with Crippen molar-refractivity contribution in [2.45, 2.75) is 26.4 Å². The Morgan fingerprint density at radius 1 is 1.17 bits per heavy atom. The summed E-state index contributed by atoms with van der Waals surface area (Å²) in [6, 6.07) is 3.49. The highest BCUT2D eigenvalue weighted by Crippen LogP contribution is 2.38. The molecule has 4 aromatic rings. The van der Waals surface area contributed by atoms with Gasteiger partial charge >= 0.3 is 6.09 Å². The number of pyridine rings is 2. The molecule has 146 valence electrons. The fourth-order valence-corrected chi connectivity index (χ4v) is 3.82. The van der Waals surface area contributed by atoms with Gasteiger partial charge in [0.15, 0.2) is 5.65 Å². The van der Waals surface area contributed by atoms with Gasteiger partial charge in [-0.2, -0.15) is 0 Å². The van der Waals surface area contributed by atoms with Gasteiger partial charge < -0.3 is 4.74 Å². The van der Waals surface area contributed by atoms with Crippen LogP contribution in [0.3, 0.4) is 0 Å². The molecule has 5 rings (SSSR count). The Labute approximate surface area is 164 Å². The monoisotopic (exact) mass is 391 g/mol. The summed E-state index contributed by atoms with van der Waals surface area (Å²) in [7, 11) is 1.44. The Hall–Kier alpha value is -3.75. The number of carbonyl (C=O) groups excluding carboxylic acids is 3. The lowest BCUT2D eigenvalue weighted by Gasteiger charge is -2.20. The average Bonchev–Trinajstić information content (AvgIpc) is 3.31. The van der Waals surface area contributed by atoms with E-state index in [0.717, 1.165) is 4.90 Å². The van der Waals surface area contributed by atoms with Crippen molar-refractivity contribution in [3.63, 3.8) is 0 Å². The summed E-state index contributed by atoms with van der Waals surface area (Å²) in [5, 5.41) is 1.08. The molecule has 1 aliphatic rings. The molecule has 1 aliphatic heterocycles. The van der Waals surface area contributed by atoms with Crippen LogP contribution in [0.25, 0.3) is 27.5 Å². The molecule has 0 aliphatic carbocycles. The minimum Gasteiger partial charge on any atom is -0.443 e. The van der Waals surface area contributed by atoms with Crippen molar-refractivity contribution in [2.75, 3.05) is 7.05 Å². The number of rotatable bonds is 0. The first-order valence-electron chi connectivity index (χ1n) is 9.03. The van der Waals surface area contributed by atoms with E-state index < -0.39 is 23.5 Å². The Balaban J connectivity index is 2.03. The van der Waals surface area contributed by atoms with Crippen LogP contribution in [0.2, 0.25) is 0 Å². The van der Waals surface area contributed by atoms with Gasteiger partial charge in [-0.1, -0.05) is 0 Å². The zero-order valence-electron chi connectivity index (χ0n) is 16.3. The van der Waals surface area contributed by atoms with E-state index in [2.05, 4.69) is 9.97 Å². The molecule has 4 aromatic heterocycles. The molecule has 0 fully saturated rings. The minimum atomic E-state index is -0.728. The molecule has 0 saturated carbocycles. The second kappa shape index (κ2) is 5.40. The van der Waals surface area contributed by atoms with E-state index in [1.165, 1.54) is 17.9 Å². The quantitative estimate of drug-likeness (QED) is 0.428. The Bertz CT molecular complexity index is 1390. The van der Waals surface area contributed by atoms with E-state index in [1.807, 2.05) is 0 Å². The van der Waals surface area contributed by atoms with E-state index in [9.17, 15) is 14.4 Å².